The molecule has 0 bridgehead atoms. The number of hydrogen-bond acceptors (Lipinski definition) is 2. The Kier molecular flexibility index (Phi) is 5.23. The van der Waals surface area contributed by atoms with E-state index >= 15 is 0 Å². The highest BCUT2D eigenvalue weighted by Gasteiger charge is 2.02. The van der Waals surface area contributed by atoms with Crippen molar-refractivity contribution in [2.45, 2.75) is 6.42 Å². The molecule has 0 fully saturated rings. The van der Waals surface area contributed by atoms with E-state index in [0.717, 1.165) is 13.0 Å². The third kappa shape index (κ3) is 3.90. The van der Waals surface area contributed by atoms with E-state index in [1.54, 1.807) is 7.11 Å². The Morgan fingerprint density at radius 2 is 2.13 bits per heavy atom. The molecule has 0 spiro atoms. The largest absolute Gasteiger partial charge is 0.495 e. The average Bonchev–Trinajstić information content (AvgIpc) is 2.26. The normalized spacial score (nSPS) is 10.7. The topological polar surface area (TPSA) is 12.5 Å². The van der Waals surface area contributed by atoms with Crippen molar-refractivity contribution >= 4 is 23.2 Å². The molecule has 1 aromatic rings. The molecule has 0 atom stereocenters. The van der Waals surface area contributed by atoms with Gasteiger partial charge in [-0.25, -0.2) is 0 Å². The van der Waals surface area contributed by atoms with Crippen molar-refractivity contribution in [3.05, 3.63) is 28.8 Å². The van der Waals surface area contributed by atoms with Crippen LogP contribution >= 0.6 is 23.2 Å². The summed E-state index contributed by atoms with van der Waals surface area (Å²) in [5.41, 5.74) is 1.19. The zero-order chi connectivity index (χ0) is 11.3. The van der Waals surface area contributed by atoms with Crippen LogP contribution in [-0.4, -0.2) is 31.6 Å². The Morgan fingerprint density at radius 3 is 2.67 bits per heavy atom. The van der Waals surface area contributed by atoms with Gasteiger partial charge in [0.1, 0.15) is 5.75 Å². The van der Waals surface area contributed by atoms with E-state index in [1.807, 2.05) is 30.1 Å². The molecule has 2 nitrogen and oxygen atoms in total. The van der Waals surface area contributed by atoms with Gasteiger partial charge in [-0.3, -0.25) is 4.90 Å². The summed E-state index contributed by atoms with van der Waals surface area (Å²) in [6.45, 7) is 0.923. The Hall–Kier alpha value is -0.440. The smallest absolute Gasteiger partial charge is 0.137 e. The number of nitrogens with zero attached hydrogens (tertiary/aromatic N) is 1. The first-order valence-corrected chi connectivity index (χ1v) is 5.65. The Morgan fingerprint density at radius 1 is 1.40 bits per heavy atom. The predicted octanol–water partition coefficient (Wildman–Crippen LogP) is 3.02. The quantitative estimate of drug-likeness (QED) is 0.586. The lowest BCUT2D eigenvalue weighted by molar-refractivity contribution is 0.393. The van der Waals surface area contributed by atoms with Crippen LogP contribution in [0.5, 0.6) is 5.75 Å². The zero-order valence-electron chi connectivity index (χ0n) is 8.96. The minimum atomic E-state index is 0.546. The lowest BCUT2D eigenvalue weighted by Gasteiger charge is -2.12. The van der Waals surface area contributed by atoms with Gasteiger partial charge in [-0.05, 0) is 31.2 Å². The molecule has 0 aromatic heterocycles. The van der Waals surface area contributed by atoms with Crippen LogP contribution in [0.1, 0.15) is 5.56 Å². The second-order valence-corrected chi connectivity index (χ2v) is 4.06. The van der Waals surface area contributed by atoms with Crippen LogP contribution in [0.2, 0.25) is 5.02 Å². The number of likely N-dealkylation sites (N-methyl/N-ethyl adjacent to an activating group) is 1. The molecule has 1 rings (SSSR count). The minimum Gasteiger partial charge on any atom is -0.495 e. The predicted molar refractivity (Wildman–Crippen MR) is 65.1 cm³/mol. The zero-order valence-corrected chi connectivity index (χ0v) is 10.5. The van der Waals surface area contributed by atoms with Crippen LogP contribution in [-0.2, 0) is 6.42 Å². The number of hydrogen-bond donors (Lipinski definition) is 0. The van der Waals surface area contributed by atoms with Gasteiger partial charge >= 0.3 is 0 Å². The third-order valence-corrected chi connectivity index (χ3v) is 2.91. The van der Waals surface area contributed by atoms with Gasteiger partial charge in [0, 0.05) is 6.54 Å². The SMILES string of the molecule is COc1ccc(CCN(C)CCl)cc1Cl. The number of rotatable bonds is 5. The molecule has 0 aliphatic heterocycles. The van der Waals surface area contributed by atoms with E-state index in [9.17, 15) is 0 Å². The van der Waals surface area contributed by atoms with Gasteiger partial charge in [-0.1, -0.05) is 17.7 Å². The van der Waals surface area contributed by atoms with Gasteiger partial charge in [-0.15, -0.1) is 11.6 Å². The fourth-order valence-electron chi connectivity index (χ4n) is 1.25. The van der Waals surface area contributed by atoms with Gasteiger partial charge in [0.2, 0.25) is 0 Å². The van der Waals surface area contributed by atoms with E-state index in [4.69, 9.17) is 27.9 Å². The first-order valence-electron chi connectivity index (χ1n) is 4.74. The van der Waals surface area contributed by atoms with Crippen LogP contribution in [0.15, 0.2) is 18.2 Å². The molecule has 1 aromatic carbocycles. The summed E-state index contributed by atoms with van der Waals surface area (Å²) in [5.74, 6) is 0.714. The Bertz CT molecular complexity index is 317. The second kappa shape index (κ2) is 6.21. The van der Waals surface area contributed by atoms with E-state index < -0.39 is 0 Å². The van der Waals surface area contributed by atoms with E-state index in [1.165, 1.54) is 5.56 Å². The van der Waals surface area contributed by atoms with Crippen LogP contribution in [0.25, 0.3) is 0 Å². The summed E-state index contributed by atoms with van der Waals surface area (Å²) in [5, 5.41) is 0.656. The lowest BCUT2D eigenvalue weighted by atomic mass is 10.1. The van der Waals surface area contributed by atoms with Crippen molar-refractivity contribution in [2.24, 2.45) is 0 Å². The highest BCUT2D eigenvalue weighted by atomic mass is 35.5. The summed E-state index contributed by atoms with van der Waals surface area (Å²) >= 11 is 11.7. The number of methoxy groups -OCH3 is 1. The molecule has 0 aliphatic carbocycles. The molecule has 15 heavy (non-hydrogen) atoms. The Labute approximate surface area is 101 Å². The van der Waals surface area contributed by atoms with E-state index in [2.05, 4.69) is 0 Å². The fourth-order valence-corrected chi connectivity index (χ4v) is 1.64. The van der Waals surface area contributed by atoms with Crippen molar-refractivity contribution in [2.75, 3.05) is 26.7 Å². The van der Waals surface area contributed by atoms with Crippen LogP contribution < -0.4 is 4.74 Å². The van der Waals surface area contributed by atoms with Crippen molar-refractivity contribution in [1.29, 1.82) is 0 Å². The van der Waals surface area contributed by atoms with Crippen LogP contribution in [0, 0.1) is 0 Å². The average molecular weight is 248 g/mol. The number of benzene rings is 1. The van der Waals surface area contributed by atoms with Crippen molar-refractivity contribution in [3.63, 3.8) is 0 Å². The van der Waals surface area contributed by atoms with E-state index in [-0.39, 0.29) is 0 Å². The molecule has 84 valence electrons. The van der Waals surface area contributed by atoms with Gasteiger partial charge in [0.15, 0.2) is 0 Å². The number of ether oxygens (including phenoxy) is 1. The minimum absolute atomic E-state index is 0.546. The van der Waals surface area contributed by atoms with E-state index in [0.29, 0.717) is 16.8 Å². The molecule has 0 heterocycles. The summed E-state index contributed by atoms with van der Waals surface area (Å²) < 4.78 is 5.08. The summed E-state index contributed by atoms with van der Waals surface area (Å²) in [7, 11) is 3.60. The summed E-state index contributed by atoms with van der Waals surface area (Å²) in [6, 6.07) is 6.39. The van der Waals surface area contributed by atoms with Crippen LogP contribution in [0.4, 0.5) is 0 Å². The second-order valence-electron chi connectivity index (χ2n) is 3.42. The maximum absolute atomic E-state index is 6.01. The Balaban J connectivity index is 2.59. The van der Waals surface area contributed by atoms with Gasteiger partial charge in [0.25, 0.3) is 0 Å². The first kappa shape index (κ1) is 12.6. The summed E-state index contributed by atoms with van der Waals surface area (Å²) in [6.07, 6.45) is 0.937. The molecule has 0 N–H and O–H groups in total. The highest BCUT2D eigenvalue weighted by molar-refractivity contribution is 6.32. The maximum Gasteiger partial charge on any atom is 0.137 e. The van der Waals surface area contributed by atoms with Gasteiger partial charge in [-0.2, -0.15) is 0 Å². The molecule has 4 heteroatoms. The van der Waals surface area contributed by atoms with Crippen molar-refractivity contribution < 1.29 is 4.74 Å². The highest BCUT2D eigenvalue weighted by Crippen LogP contribution is 2.25. The molecular weight excluding hydrogens is 233 g/mol. The maximum atomic E-state index is 6.01. The molecule has 0 saturated carbocycles. The monoisotopic (exact) mass is 247 g/mol. The van der Waals surface area contributed by atoms with Crippen molar-refractivity contribution in [1.82, 2.24) is 4.90 Å². The standard InChI is InChI=1S/C11H15Cl2NO/c1-14(8-12)6-5-9-3-4-11(15-2)10(13)7-9/h3-4,7H,5-6,8H2,1-2H3. The first-order chi connectivity index (χ1) is 7.17. The molecule has 0 amide bonds. The molecule has 0 aliphatic rings. The fraction of sp³-hybridized carbons (Fsp3) is 0.455. The number of alkyl halides is 1. The van der Waals surface area contributed by atoms with Crippen LogP contribution in [0.3, 0.4) is 0 Å². The lowest BCUT2D eigenvalue weighted by Crippen LogP contribution is -2.19. The molecule has 0 unspecified atom stereocenters. The van der Waals surface area contributed by atoms with Gasteiger partial charge < -0.3 is 4.74 Å². The number of halogens is 2. The van der Waals surface area contributed by atoms with Gasteiger partial charge in [0.05, 0.1) is 18.1 Å². The molecular formula is C11H15Cl2NO. The third-order valence-electron chi connectivity index (χ3n) is 2.20. The van der Waals surface area contributed by atoms with Crippen molar-refractivity contribution in [3.8, 4) is 5.75 Å². The molecule has 0 saturated heterocycles. The summed E-state index contributed by atoms with van der Waals surface area (Å²) in [4.78, 5) is 2.04. The molecule has 0 radical (unpaired) electrons.